The number of rotatable bonds is 1. The van der Waals surface area contributed by atoms with Crippen LogP contribution in [0.25, 0.3) is 11.0 Å². The van der Waals surface area contributed by atoms with Crippen molar-refractivity contribution >= 4 is 16.9 Å². The van der Waals surface area contributed by atoms with Gasteiger partial charge in [-0.15, -0.1) is 0 Å². The summed E-state index contributed by atoms with van der Waals surface area (Å²) in [5, 5.41) is 4.14. The van der Waals surface area contributed by atoms with E-state index in [9.17, 15) is 0 Å². The van der Waals surface area contributed by atoms with Gasteiger partial charge >= 0.3 is 0 Å². The van der Waals surface area contributed by atoms with E-state index in [4.69, 9.17) is 0 Å². The molecule has 5 nitrogen and oxygen atoms in total. The van der Waals surface area contributed by atoms with E-state index in [1.807, 2.05) is 0 Å². The zero-order chi connectivity index (χ0) is 10.9. The Kier molecular flexibility index (Phi) is 2.22. The highest BCUT2D eigenvalue weighted by molar-refractivity contribution is 5.85. The van der Waals surface area contributed by atoms with Crippen LogP contribution in [0.4, 0.5) is 5.82 Å². The van der Waals surface area contributed by atoms with Crippen molar-refractivity contribution in [1.29, 1.82) is 0 Å². The van der Waals surface area contributed by atoms with Crippen LogP contribution in [0.5, 0.6) is 0 Å². The summed E-state index contributed by atoms with van der Waals surface area (Å²) in [5.74, 6) is 0.771. The normalized spacial score (nSPS) is 11.7. The van der Waals surface area contributed by atoms with Gasteiger partial charge in [0.05, 0.1) is 5.39 Å². The van der Waals surface area contributed by atoms with E-state index in [0.29, 0.717) is 5.65 Å². The largest absolute Gasteiger partial charge is 0.365 e. The number of aromatic nitrogens is 4. The van der Waals surface area contributed by atoms with Gasteiger partial charge in [-0.05, 0) is 20.8 Å². The number of nitrogens with one attached hydrogen (secondary N) is 1. The van der Waals surface area contributed by atoms with Crippen molar-refractivity contribution in [2.24, 2.45) is 0 Å². The number of nitrogens with zero attached hydrogens (tertiary/aromatic N) is 4. The van der Waals surface area contributed by atoms with E-state index >= 15 is 0 Å². The fourth-order valence-corrected chi connectivity index (χ4v) is 1.26. The summed E-state index contributed by atoms with van der Waals surface area (Å²) in [7, 11) is 0. The Morgan fingerprint density at radius 2 is 1.80 bits per heavy atom. The number of hydrogen-bond acceptors (Lipinski definition) is 5. The lowest BCUT2D eigenvalue weighted by atomic mass is 10.1. The first-order valence-corrected chi connectivity index (χ1v) is 4.75. The molecule has 1 N–H and O–H groups in total. The molecule has 0 spiro atoms. The Bertz CT molecular complexity index is 469. The van der Waals surface area contributed by atoms with Crippen molar-refractivity contribution < 1.29 is 0 Å². The average Bonchev–Trinajstić information content (AvgIpc) is 2.16. The molecule has 0 fully saturated rings. The molecule has 0 atom stereocenters. The second-order valence-corrected chi connectivity index (χ2v) is 4.36. The maximum atomic E-state index is 4.19. The molecule has 2 aromatic heterocycles. The Balaban J connectivity index is 2.52. The number of anilines is 1. The van der Waals surface area contributed by atoms with Crippen LogP contribution in [0.15, 0.2) is 18.9 Å². The molecule has 15 heavy (non-hydrogen) atoms. The monoisotopic (exact) mass is 203 g/mol. The van der Waals surface area contributed by atoms with Crippen molar-refractivity contribution in [1.82, 2.24) is 19.9 Å². The van der Waals surface area contributed by atoms with E-state index < -0.39 is 0 Å². The molecule has 78 valence electrons. The quantitative estimate of drug-likeness (QED) is 0.763. The van der Waals surface area contributed by atoms with Crippen molar-refractivity contribution in [2.75, 3.05) is 5.32 Å². The summed E-state index contributed by atoms with van der Waals surface area (Å²) in [6.45, 7) is 6.22. The van der Waals surface area contributed by atoms with Crippen LogP contribution in [0.1, 0.15) is 20.8 Å². The fraction of sp³-hybridized carbons (Fsp3) is 0.400. The van der Waals surface area contributed by atoms with Crippen LogP contribution in [0.3, 0.4) is 0 Å². The van der Waals surface area contributed by atoms with Gasteiger partial charge < -0.3 is 5.32 Å². The topological polar surface area (TPSA) is 63.6 Å². The molecule has 0 unspecified atom stereocenters. The van der Waals surface area contributed by atoms with Gasteiger partial charge in [-0.25, -0.2) is 19.9 Å². The second kappa shape index (κ2) is 3.42. The zero-order valence-corrected chi connectivity index (χ0v) is 9.02. The summed E-state index contributed by atoms with van der Waals surface area (Å²) in [5.41, 5.74) is 0.615. The summed E-state index contributed by atoms with van der Waals surface area (Å²) in [6, 6.07) is 0. The minimum Gasteiger partial charge on any atom is -0.365 e. The van der Waals surface area contributed by atoms with Gasteiger partial charge in [-0.2, -0.15) is 0 Å². The van der Waals surface area contributed by atoms with Crippen molar-refractivity contribution in [3.05, 3.63) is 18.9 Å². The van der Waals surface area contributed by atoms with Gasteiger partial charge in [-0.1, -0.05) is 0 Å². The van der Waals surface area contributed by atoms with E-state index in [1.165, 1.54) is 12.7 Å². The molecule has 0 radical (unpaired) electrons. The van der Waals surface area contributed by atoms with E-state index in [-0.39, 0.29) is 5.54 Å². The highest BCUT2D eigenvalue weighted by Crippen LogP contribution is 2.19. The van der Waals surface area contributed by atoms with Crippen LogP contribution in [0.2, 0.25) is 0 Å². The van der Waals surface area contributed by atoms with Gasteiger partial charge in [0.1, 0.15) is 18.5 Å². The van der Waals surface area contributed by atoms with Gasteiger partial charge in [-0.3, -0.25) is 0 Å². The second-order valence-electron chi connectivity index (χ2n) is 4.36. The molecule has 2 aromatic rings. The van der Waals surface area contributed by atoms with Crippen molar-refractivity contribution in [3.63, 3.8) is 0 Å². The zero-order valence-electron chi connectivity index (χ0n) is 9.02. The van der Waals surface area contributed by atoms with E-state index in [1.54, 1.807) is 6.20 Å². The lowest BCUT2D eigenvalue weighted by Crippen LogP contribution is -2.26. The molecule has 2 heterocycles. The summed E-state index contributed by atoms with van der Waals surface area (Å²) in [6.07, 6.45) is 4.70. The van der Waals surface area contributed by atoms with Crippen molar-refractivity contribution in [2.45, 2.75) is 26.3 Å². The van der Waals surface area contributed by atoms with Gasteiger partial charge in [0.15, 0.2) is 5.65 Å². The molecule has 0 aliphatic heterocycles. The standard InChI is InChI=1S/C10H13N5/c1-10(2,3)15-9-7-4-11-5-12-8(7)13-6-14-9/h4-6H,1-3H3,(H,11,12,13,14,15). The van der Waals surface area contributed by atoms with Gasteiger partial charge in [0.2, 0.25) is 0 Å². The maximum absolute atomic E-state index is 4.19. The average molecular weight is 203 g/mol. The molecule has 0 saturated carbocycles. The molecule has 0 aliphatic carbocycles. The highest BCUT2D eigenvalue weighted by atomic mass is 15.1. The maximum Gasteiger partial charge on any atom is 0.167 e. The van der Waals surface area contributed by atoms with E-state index in [0.717, 1.165) is 11.2 Å². The van der Waals surface area contributed by atoms with Crippen LogP contribution < -0.4 is 5.32 Å². The molecule has 5 heteroatoms. The molecule has 0 aromatic carbocycles. The molecule has 0 saturated heterocycles. The SMILES string of the molecule is CC(C)(C)Nc1ncnc2ncncc12. The highest BCUT2D eigenvalue weighted by Gasteiger charge is 2.12. The van der Waals surface area contributed by atoms with Crippen LogP contribution in [-0.4, -0.2) is 25.5 Å². The van der Waals surface area contributed by atoms with Gasteiger partial charge in [0, 0.05) is 11.7 Å². The first-order chi connectivity index (χ1) is 7.06. The third kappa shape index (κ3) is 2.18. The molecule has 0 aliphatic rings. The van der Waals surface area contributed by atoms with Crippen LogP contribution in [0, 0.1) is 0 Å². The number of hydrogen-bond donors (Lipinski definition) is 1. The minimum absolute atomic E-state index is 0.0445. The minimum atomic E-state index is -0.0445. The smallest absolute Gasteiger partial charge is 0.167 e. The third-order valence-electron chi connectivity index (χ3n) is 1.81. The Hall–Kier alpha value is -1.78. The van der Waals surface area contributed by atoms with Crippen molar-refractivity contribution in [3.8, 4) is 0 Å². The van der Waals surface area contributed by atoms with E-state index in [2.05, 4.69) is 46.0 Å². The Labute approximate surface area is 88.0 Å². The predicted octanol–water partition coefficient (Wildman–Crippen LogP) is 1.63. The van der Waals surface area contributed by atoms with Crippen LogP contribution in [-0.2, 0) is 0 Å². The molecular formula is C10H13N5. The molecular weight excluding hydrogens is 190 g/mol. The third-order valence-corrected chi connectivity index (χ3v) is 1.81. The fourth-order valence-electron chi connectivity index (χ4n) is 1.26. The van der Waals surface area contributed by atoms with Gasteiger partial charge in [0.25, 0.3) is 0 Å². The number of fused-ring (bicyclic) bond motifs is 1. The lowest BCUT2D eigenvalue weighted by molar-refractivity contribution is 0.631. The predicted molar refractivity (Wildman–Crippen MR) is 58.5 cm³/mol. The summed E-state index contributed by atoms with van der Waals surface area (Å²) in [4.78, 5) is 16.3. The molecule has 0 bridgehead atoms. The summed E-state index contributed by atoms with van der Waals surface area (Å²) < 4.78 is 0. The van der Waals surface area contributed by atoms with Crippen LogP contribution >= 0.6 is 0 Å². The summed E-state index contributed by atoms with van der Waals surface area (Å²) >= 11 is 0. The Morgan fingerprint density at radius 1 is 1.07 bits per heavy atom. The Morgan fingerprint density at radius 3 is 2.53 bits per heavy atom. The molecule has 2 rings (SSSR count). The lowest BCUT2D eigenvalue weighted by Gasteiger charge is -2.21. The first-order valence-electron chi connectivity index (χ1n) is 4.75. The first kappa shape index (κ1) is 9.76. The molecule has 0 amide bonds.